The van der Waals surface area contributed by atoms with Gasteiger partial charge in [-0.3, -0.25) is 0 Å². The number of imidazole rings is 1. The number of benzene rings is 2. The van der Waals surface area contributed by atoms with Gasteiger partial charge in [-0.05, 0) is 40.4 Å². The number of nitrogens with zero attached hydrogens (tertiary/aromatic N) is 7. The highest BCUT2D eigenvalue weighted by molar-refractivity contribution is 6.35. The molecule has 12 heteroatoms. The lowest BCUT2D eigenvalue weighted by Crippen LogP contribution is -2.33. The fraction of sp³-hybridized carbons (Fsp3) is 0.115. The number of hydrogen-bond acceptors (Lipinski definition) is 7. The molecule has 0 radical (unpaired) electrons. The summed E-state index contributed by atoms with van der Waals surface area (Å²) in [6, 6.07) is 20.1. The maximum Gasteiger partial charge on any atom is 0.225 e. The molecule has 192 valence electrons. The van der Waals surface area contributed by atoms with Gasteiger partial charge >= 0.3 is 0 Å². The second-order valence-electron chi connectivity index (χ2n) is 8.23. The third-order valence-corrected chi connectivity index (χ3v) is 6.60. The van der Waals surface area contributed by atoms with Gasteiger partial charge in [0.15, 0.2) is 21.8 Å². The molecule has 4 heterocycles. The predicted octanol–water partition coefficient (Wildman–Crippen LogP) is 6.91. The fourth-order valence-electron chi connectivity index (χ4n) is 4.07. The lowest BCUT2D eigenvalue weighted by atomic mass is 10.2. The van der Waals surface area contributed by atoms with E-state index < -0.39 is 0 Å². The van der Waals surface area contributed by atoms with Crippen LogP contribution in [0.1, 0.15) is 11.1 Å². The predicted molar refractivity (Wildman–Crippen MR) is 153 cm³/mol. The van der Waals surface area contributed by atoms with Gasteiger partial charge in [0.25, 0.3) is 0 Å². The number of anilines is 2. The molecule has 1 aliphatic heterocycles. The molecule has 1 unspecified atom stereocenters. The molecule has 0 aliphatic carbocycles. The number of hydrogen-bond donors (Lipinski definition) is 1. The van der Waals surface area contributed by atoms with Crippen LogP contribution in [0, 0.1) is 0 Å². The van der Waals surface area contributed by atoms with E-state index in [0.717, 1.165) is 11.3 Å². The molecule has 0 saturated heterocycles. The van der Waals surface area contributed by atoms with Crippen molar-refractivity contribution in [2.24, 2.45) is 0 Å². The van der Waals surface area contributed by atoms with Gasteiger partial charge in [-0.2, -0.15) is 9.97 Å². The van der Waals surface area contributed by atoms with E-state index in [9.17, 15) is 0 Å². The monoisotopic (exact) mass is 584 g/mol. The molecule has 3 aromatic heterocycles. The van der Waals surface area contributed by atoms with E-state index in [1.165, 1.54) is 5.56 Å². The lowest BCUT2D eigenvalue weighted by Gasteiger charge is -2.24. The third-order valence-electron chi connectivity index (χ3n) is 5.74. The van der Waals surface area contributed by atoms with Crippen molar-refractivity contribution in [1.82, 2.24) is 29.5 Å². The smallest absolute Gasteiger partial charge is 0.225 e. The van der Waals surface area contributed by atoms with Crippen LogP contribution in [-0.4, -0.2) is 35.7 Å². The van der Waals surface area contributed by atoms with Crippen molar-refractivity contribution >= 4 is 69.1 Å². The second kappa shape index (κ2) is 11.5. The zero-order chi connectivity index (χ0) is 26.6. The highest BCUT2D eigenvalue weighted by Gasteiger charge is 2.31. The summed E-state index contributed by atoms with van der Waals surface area (Å²) in [5, 5.41) is 4.12. The van der Waals surface area contributed by atoms with Crippen LogP contribution < -0.4 is 10.2 Å². The standard InChI is InChI=1S/C14H12Cl2N4.C12H8Cl2N4/c1-2-10-17-13-11(12(15)18-14(16)19-13)20(10)8-9-6-4-3-5-7-9;13-10-9-11(17-12(14)16-10)15-7-18(9)6-8-4-2-1-3-5-8/h2-7,10H,1,8H2,(H,17,18,19);1-5,7H,6H2. The minimum atomic E-state index is -0.0875. The Kier molecular flexibility index (Phi) is 7.95. The van der Waals surface area contributed by atoms with Crippen molar-refractivity contribution in [2.75, 3.05) is 10.2 Å². The summed E-state index contributed by atoms with van der Waals surface area (Å²) >= 11 is 23.9. The van der Waals surface area contributed by atoms with E-state index in [4.69, 9.17) is 46.4 Å². The maximum absolute atomic E-state index is 6.21. The van der Waals surface area contributed by atoms with Crippen LogP contribution in [0.4, 0.5) is 11.5 Å². The summed E-state index contributed by atoms with van der Waals surface area (Å²) in [7, 11) is 0. The molecule has 0 bridgehead atoms. The van der Waals surface area contributed by atoms with Gasteiger partial charge in [0.05, 0.1) is 6.33 Å². The Balaban J connectivity index is 0.000000156. The summed E-state index contributed by atoms with van der Waals surface area (Å²) in [4.78, 5) is 22.4. The minimum absolute atomic E-state index is 0.0875. The van der Waals surface area contributed by atoms with Crippen LogP contribution in [0.5, 0.6) is 0 Å². The van der Waals surface area contributed by atoms with Crippen LogP contribution in [0.25, 0.3) is 11.2 Å². The van der Waals surface area contributed by atoms with Crippen LogP contribution in [0.2, 0.25) is 20.9 Å². The van der Waals surface area contributed by atoms with E-state index in [2.05, 4.69) is 53.8 Å². The number of rotatable bonds is 5. The Morgan fingerprint density at radius 1 is 0.789 bits per heavy atom. The van der Waals surface area contributed by atoms with Gasteiger partial charge in [-0.1, -0.05) is 90.4 Å². The molecular formula is C26H20Cl4N8. The molecule has 38 heavy (non-hydrogen) atoms. The van der Waals surface area contributed by atoms with Crippen molar-refractivity contribution in [2.45, 2.75) is 19.3 Å². The molecule has 0 amide bonds. The summed E-state index contributed by atoms with van der Waals surface area (Å²) in [6.07, 6.45) is 3.40. The molecule has 0 saturated carbocycles. The zero-order valence-corrected chi connectivity index (χ0v) is 22.8. The number of aromatic nitrogens is 6. The first kappa shape index (κ1) is 26.2. The van der Waals surface area contributed by atoms with Crippen molar-refractivity contribution in [1.29, 1.82) is 0 Å². The average Bonchev–Trinajstić information content (AvgIpc) is 3.46. The van der Waals surface area contributed by atoms with Gasteiger partial charge in [0, 0.05) is 13.1 Å². The Morgan fingerprint density at radius 3 is 2.05 bits per heavy atom. The summed E-state index contributed by atoms with van der Waals surface area (Å²) < 4.78 is 1.91. The molecule has 6 rings (SSSR count). The van der Waals surface area contributed by atoms with Crippen LogP contribution >= 0.6 is 46.4 Å². The molecule has 2 aromatic carbocycles. The van der Waals surface area contributed by atoms with Crippen LogP contribution in [0.15, 0.2) is 79.6 Å². The van der Waals surface area contributed by atoms with Gasteiger partial charge in [0.2, 0.25) is 10.6 Å². The zero-order valence-electron chi connectivity index (χ0n) is 19.8. The molecule has 0 spiro atoms. The van der Waals surface area contributed by atoms with E-state index in [1.54, 1.807) is 12.4 Å². The number of nitrogens with one attached hydrogen (secondary N) is 1. The van der Waals surface area contributed by atoms with Crippen molar-refractivity contribution < 1.29 is 0 Å². The topological polar surface area (TPSA) is 84.7 Å². The first-order valence-corrected chi connectivity index (χ1v) is 12.9. The summed E-state index contributed by atoms with van der Waals surface area (Å²) in [5.74, 6) is 0.635. The van der Waals surface area contributed by atoms with Crippen LogP contribution in [0.3, 0.4) is 0 Å². The third kappa shape index (κ3) is 5.68. The molecule has 0 fully saturated rings. The number of fused-ring (bicyclic) bond motifs is 2. The first-order chi connectivity index (χ1) is 18.4. The van der Waals surface area contributed by atoms with Gasteiger partial charge < -0.3 is 14.8 Å². The summed E-state index contributed by atoms with van der Waals surface area (Å²) in [6.45, 7) is 5.19. The molecule has 8 nitrogen and oxygen atoms in total. The molecular weight excluding hydrogens is 566 g/mol. The normalized spacial score (nSPS) is 14.0. The largest absolute Gasteiger partial charge is 0.345 e. The SMILES string of the molecule is C=CC1Nc2nc(Cl)nc(Cl)c2N1Cc1ccccc1.Clc1nc(Cl)c2c(ncn2Cc2ccccc2)n1. The van der Waals surface area contributed by atoms with E-state index in [-0.39, 0.29) is 16.7 Å². The Labute approximate surface area is 238 Å². The second-order valence-corrected chi connectivity index (χ2v) is 9.62. The number of halogens is 4. The molecule has 1 aliphatic rings. The van der Waals surface area contributed by atoms with E-state index >= 15 is 0 Å². The van der Waals surface area contributed by atoms with Crippen molar-refractivity contribution in [3.8, 4) is 0 Å². The lowest BCUT2D eigenvalue weighted by molar-refractivity contribution is 0.776. The average molecular weight is 586 g/mol. The van der Waals surface area contributed by atoms with E-state index in [1.807, 2.05) is 53.1 Å². The first-order valence-electron chi connectivity index (χ1n) is 11.4. The van der Waals surface area contributed by atoms with Gasteiger partial charge in [-0.25, -0.2) is 15.0 Å². The van der Waals surface area contributed by atoms with Crippen LogP contribution in [-0.2, 0) is 13.1 Å². The van der Waals surface area contributed by atoms with Gasteiger partial charge in [0.1, 0.15) is 17.4 Å². The minimum Gasteiger partial charge on any atom is -0.345 e. The molecule has 1 atom stereocenters. The fourth-order valence-corrected chi connectivity index (χ4v) is 5.04. The molecule has 1 N–H and O–H groups in total. The molecule has 5 aromatic rings. The van der Waals surface area contributed by atoms with Gasteiger partial charge in [-0.15, -0.1) is 0 Å². The maximum atomic E-state index is 6.21. The summed E-state index contributed by atoms with van der Waals surface area (Å²) in [5.41, 5.74) is 4.29. The van der Waals surface area contributed by atoms with Crippen molar-refractivity contribution in [3.63, 3.8) is 0 Å². The van der Waals surface area contributed by atoms with E-state index in [0.29, 0.717) is 40.4 Å². The highest BCUT2D eigenvalue weighted by Crippen LogP contribution is 2.40. The highest BCUT2D eigenvalue weighted by atomic mass is 35.5. The Bertz CT molecular complexity index is 1580. The van der Waals surface area contributed by atoms with Crippen molar-refractivity contribution in [3.05, 3.63) is 112 Å². The quantitative estimate of drug-likeness (QED) is 0.136. The Morgan fingerprint density at radius 2 is 1.39 bits per heavy atom. The Hall–Kier alpha value is -3.43.